The summed E-state index contributed by atoms with van der Waals surface area (Å²) in [5.41, 5.74) is 1.26. The number of amides is 2. The summed E-state index contributed by atoms with van der Waals surface area (Å²) in [5, 5.41) is 4.12. The Labute approximate surface area is 133 Å². The van der Waals surface area contributed by atoms with E-state index in [-0.39, 0.29) is 23.7 Å². The van der Waals surface area contributed by atoms with Gasteiger partial charge in [0.2, 0.25) is 5.91 Å². The first kappa shape index (κ1) is 13.9. The van der Waals surface area contributed by atoms with Crippen molar-refractivity contribution in [2.75, 3.05) is 24.5 Å². The first-order valence-corrected chi connectivity index (χ1v) is 7.64. The molecule has 118 valence electrons. The fraction of sp³-hybridized carbons (Fsp3) is 0.375. The molecule has 7 nitrogen and oxygen atoms in total. The van der Waals surface area contributed by atoms with Crippen LogP contribution < -0.4 is 4.90 Å². The highest BCUT2D eigenvalue weighted by Crippen LogP contribution is 2.35. The number of fused-ring (bicyclic) bond motifs is 1. The summed E-state index contributed by atoms with van der Waals surface area (Å²) in [5.74, 6) is 0.0401. The van der Waals surface area contributed by atoms with Crippen LogP contribution in [0.15, 0.2) is 36.8 Å². The largest absolute Gasteiger partial charge is 0.336 e. The van der Waals surface area contributed by atoms with Crippen LogP contribution in [0.2, 0.25) is 0 Å². The van der Waals surface area contributed by atoms with Gasteiger partial charge in [-0.1, -0.05) is 6.07 Å². The summed E-state index contributed by atoms with van der Waals surface area (Å²) >= 11 is 0. The Morgan fingerprint density at radius 1 is 1.26 bits per heavy atom. The van der Waals surface area contributed by atoms with Crippen molar-refractivity contribution < 1.29 is 9.59 Å². The van der Waals surface area contributed by atoms with Crippen molar-refractivity contribution in [3.63, 3.8) is 0 Å². The van der Waals surface area contributed by atoms with Gasteiger partial charge in [-0.05, 0) is 12.1 Å². The number of aromatic nitrogens is 3. The van der Waals surface area contributed by atoms with E-state index in [1.165, 1.54) is 0 Å². The second kappa shape index (κ2) is 5.19. The van der Waals surface area contributed by atoms with Gasteiger partial charge < -0.3 is 9.80 Å². The van der Waals surface area contributed by atoms with Crippen molar-refractivity contribution in [3.8, 4) is 0 Å². The zero-order chi connectivity index (χ0) is 16.0. The molecule has 0 unspecified atom stereocenters. The number of carbonyl (C=O) groups is 2. The molecule has 2 saturated heterocycles. The van der Waals surface area contributed by atoms with Crippen molar-refractivity contribution in [1.82, 2.24) is 19.7 Å². The number of likely N-dealkylation sites (tertiary alicyclic amines) is 1. The molecule has 0 aromatic carbocycles. The normalized spacial score (nSPS) is 23.4. The number of rotatable bonds is 2. The van der Waals surface area contributed by atoms with Crippen LogP contribution in [-0.2, 0) is 11.8 Å². The van der Waals surface area contributed by atoms with E-state index in [2.05, 4.69) is 10.1 Å². The van der Waals surface area contributed by atoms with Crippen molar-refractivity contribution in [1.29, 1.82) is 0 Å². The highest BCUT2D eigenvalue weighted by Gasteiger charge is 2.48. The molecule has 2 aliphatic heterocycles. The van der Waals surface area contributed by atoms with E-state index in [0.717, 1.165) is 5.69 Å². The highest BCUT2D eigenvalue weighted by molar-refractivity contribution is 5.99. The Hall–Kier alpha value is -2.70. The summed E-state index contributed by atoms with van der Waals surface area (Å²) in [6, 6.07) is 5.29. The molecule has 0 N–H and O–H groups in total. The summed E-state index contributed by atoms with van der Waals surface area (Å²) < 4.78 is 1.69. The van der Waals surface area contributed by atoms with Gasteiger partial charge in [-0.2, -0.15) is 5.10 Å². The van der Waals surface area contributed by atoms with Crippen molar-refractivity contribution in [2.45, 2.75) is 0 Å². The molecular weight excluding hydrogens is 294 g/mol. The summed E-state index contributed by atoms with van der Waals surface area (Å²) in [6.07, 6.45) is 5.16. The van der Waals surface area contributed by atoms with Crippen LogP contribution in [0, 0.1) is 11.8 Å². The van der Waals surface area contributed by atoms with E-state index < -0.39 is 0 Å². The number of hydrogen-bond acceptors (Lipinski definition) is 4. The molecule has 7 heteroatoms. The van der Waals surface area contributed by atoms with Crippen LogP contribution in [0.5, 0.6) is 0 Å². The summed E-state index contributed by atoms with van der Waals surface area (Å²) in [4.78, 5) is 32.7. The third kappa shape index (κ3) is 2.28. The molecule has 4 rings (SSSR count). The molecule has 0 radical (unpaired) electrons. The number of aryl methyl sites for hydroxylation is 1. The van der Waals surface area contributed by atoms with Gasteiger partial charge in [-0.25, -0.2) is 0 Å². The Morgan fingerprint density at radius 3 is 2.78 bits per heavy atom. The quantitative estimate of drug-likeness (QED) is 0.812. The molecule has 2 fully saturated rings. The van der Waals surface area contributed by atoms with E-state index in [1.54, 1.807) is 45.1 Å². The third-order valence-corrected chi connectivity index (χ3v) is 4.62. The molecule has 2 atom stereocenters. The maximum absolute atomic E-state index is 12.6. The number of carbonyl (C=O) groups excluding carboxylic acids is 2. The van der Waals surface area contributed by atoms with E-state index in [4.69, 9.17) is 0 Å². The fourth-order valence-electron chi connectivity index (χ4n) is 3.46. The zero-order valence-corrected chi connectivity index (χ0v) is 12.8. The minimum atomic E-state index is -0.122. The predicted octanol–water partition coefficient (Wildman–Crippen LogP) is 0.550. The lowest BCUT2D eigenvalue weighted by atomic mass is 10.0. The molecule has 0 aliphatic carbocycles. The van der Waals surface area contributed by atoms with Gasteiger partial charge in [-0.15, -0.1) is 0 Å². The molecule has 2 aliphatic rings. The maximum atomic E-state index is 12.6. The maximum Gasteiger partial charge on any atom is 0.272 e. The molecule has 0 saturated carbocycles. The molecule has 4 heterocycles. The topological polar surface area (TPSA) is 71.3 Å². The van der Waals surface area contributed by atoms with Gasteiger partial charge in [0.25, 0.3) is 5.91 Å². The third-order valence-electron chi connectivity index (χ3n) is 4.62. The Kier molecular flexibility index (Phi) is 3.14. The number of nitrogens with zero attached hydrogens (tertiary/aromatic N) is 5. The van der Waals surface area contributed by atoms with Gasteiger partial charge in [0.15, 0.2) is 0 Å². The zero-order valence-electron chi connectivity index (χ0n) is 12.8. The van der Waals surface area contributed by atoms with Crippen LogP contribution in [0.4, 0.5) is 5.69 Å². The van der Waals surface area contributed by atoms with Gasteiger partial charge >= 0.3 is 0 Å². The minimum absolute atomic E-state index is 0.0827. The summed E-state index contributed by atoms with van der Waals surface area (Å²) in [6.45, 7) is 1.71. The Bertz CT molecular complexity index is 757. The number of anilines is 1. The average molecular weight is 311 g/mol. The molecule has 2 aromatic rings. The monoisotopic (exact) mass is 311 g/mol. The van der Waals surface area contributed by atoms with Crippen LogP contribution in [0.3, 0.4) is 0 Å². The highest BCUT2D eigenvalue weighted by atomic mass is 16.2. The predicted molar refractivity (Wildman–Crippen MR) is 82.7 cm³/mol. The SMILES string of the molecule is Cn1cc(N2C[C@@H]3CN(C(=O)c4ccccn4)C[C@@H]3C2=O)cn1. The van der Waals surface area contributed by atoms with Crippen molar-refractivity contribution in [3.05, 3.63) is 42.5 Å². The van der Waals surface area contributed by atoms with Crippen molar-refractivity contribution >= 4 is 17.5 Å². The van der Waals surface area contributed by atoms with Gasteiger partial charge in [0, 0.05) is 45.0 Å². The van der Waals surface area contributed by atoms with Crippen LogP contribution in [-0.4, -0.2) is 51.1 Å². The molecular formula is C16H17N5O2. The second-order valence-corrected chi connectivity index (χ2v) is 6.11. The lowest BCUT2D eigenvalue weighted by Gasteiger charge is -2.20. The number of pyridine rings is 1. The molecule has 23 heavy (non-hydrogen) atoms. The van der Waals surface area contributed by atoms with E-state index in [0.29, 0.717) is 25.3 Å². The Balaban J connectivity index is 1.49. The van der Waals surface area contributed by atoms with Crippen LogP contribution in [0.1, 0.15) is 10.5 Å². The second-order valence-electron chi connectivity index (χ2n) is 6.11. The average Bonchev–Trinajstić information content (AvgIpc) is 3.24. The molecule has 2 amide bonds. The minimum Gasteiger partial charge on any atom is -0.336 e. The van der Waals surface area contributed by atoms with Crippen LogP contribution in [0.25, 0.3) is 0 Å². The van der Waals surface area contributed by atoms with Gasteiger partial charge in [-0.3, -0.25) is 19.3 Å². The number of hydrogen-bond donors (Lipinski definition) is 0. The van der Waals surface area contributed by atoms with Crippen molar-refractivity contribution in [2.24, 2.45) is 18.9 Å². The first-order valence-electron chi connectivity index (χ1n) is 7.64. The Morgan fingerprint density at radius 2 is 2.13 bits per heavy atom. The van der Waals surface area contributed by atoms with E-state index >= 15 is 0 Å². The molecule has 0 bridgehead atoms. The fourth-order valence-corrected chi connectivity index (χ4v) is 3.46. The lowest BCUT2D eigenvalue weighted by Crippen LogP contribution is -2.35. The molecule has 0 spiro atoms. The van der Waals surface area contributed by atoms with E-state index in [9.17, 15) is 9.59 Å². The van der Waals surface area contributed by atoms with Gasteiger partial charge in [0.05, 0.1) is 17.8 Å². The van der Waals surface area contributed by atoms with Crippen LogP contribution >= 0.6 is 0 Å². The lowest BCUT2D eigenvalue weighted by molar-refractivity contribution is -0.120. The smallest absolute Gasteiger partial charge is 0.272 e. The standard InChI is InChI=1S/C16H17N5O2/c1-19-9-12(6-18-19)21-8-11-7-20(10-13(11)15(21)22)16(23)14-4-2-3-5-17-14/h2-6,9,11,13H,7-8,10H2,1H3/t11-,13-/m0/s1. The summed E-state index contributed by atoms with van der Waals surface area (Å²) in [7, 11) is 1.83. The molecule has 2 aromatic heterocycles. The van der Waals surface area contributed by atoms with E-state index in [1.807, 2.05) is 13.2 Å². The van der Waals surface area contributed by atoms with Gasteiger partial charge in [0.1, 0.15) is 5.69 Å². The first-order chi connectivity index (χ1) is 11.1.